The first kappa shape index (κ1) is 16.1. The molecule has 5 heteroatoms. The van der Waals surface area contributed by atoms with Crippen LogP contribution in [0.5, 0.6) is 0 Å². The second-order valence-electron chi connectivity index (χ2n) is 5.20. The van der Waals surface area contributed by atoms with E-state index in [1.807, 2.05) is 42.5 Å². The molecule has 1 unspecified atom stereocenters. The molecule has 0 spiro atoms. The predicted octanol–water partition coefficient (Wildman–Crippen LogP) is 2.95. The fourth-order valence-electron chi connectivity index (χ4n) is 2.41. The second-order valence-corrected chi connectivity index (χ2v) is 5.20. The summed E-state index contributed by atoms with van der Waals surface area (Å²) in [6.07, 6.45) is 4.94. The van der Waals surface area contributed by atoms with Gasteiger partial charge in [0, 0.05) is 0 Å². The van der Waals surface area contributed by atoms with Crippen LogP contribution >= 0.6 is 0 Å². The zero-order chi connectivity index (χ0) is 15.8. The van der Waals surface area contributed by atoms with E-state index in [9.17, 15) is 9.59 Å². The molecule has 1 aliphatic rings. The van der Waals surface area contributed by atoms with Gasteiger partial charge in [-0.1, -0.05) is 42.5 Å². The van der Waals surface area contributed by atoms with E-state index in [4.69, 9.17) is 9.47 Å². The van der Waals surface area contributed by atoms with Crippen molar-refractivity contribution < 1.29 is 19.1 Å². The van der Waals surface area contributed by atoms with Crippen molar-refractivity contribution in [1.82, 2.24) is 5.32 Å². The average molecular weight is 303 g/mol. The lowest BCUT2D eigenvalue weighted by atomic mass is 9.86. The maximum Gasteiger partial charge on any atom is 0.408 e. The topological polar surface area (TPSA) is 64.6 Å². The summed E-state index contributed by atoms with van der Waals surface area (Å²) in [4.78, 5) is 24.2. The number of amides is 1. The summed E-state index contributed by atoms with van der Waals surface area (Å²) in [5.41, 5.74) is -0.121. The molecule has 118 valence electrons. The van der Waals surface area contributed by atoms with Crippen molar-refractivity contribution in [2.45, 2.75) is 38.3 Å². The fourth-order valence-corrected chi connectivity index (χ4v) is 2.41. The normalized spacial score (nSPS) is 20.2. The lowest BCUT2D eigenvalue weighted by molar-refractivity contribution is -0.151. The van der Waals surface area contributed by atoms with Gasteiger partial charge in [0.25, 0.3) is 0 Å². The first-order valence-corrected chi connectivity index (χ1v) is 7.47. The summed E-state index contributed by atoms with van der Waals surface area (Å²) in [5.74, 6) is -0.406. The molecule has 0 heterocycles. The van der Waals surface area contributed by atoms with Crippen molar-refractivity contribution in [2.75, 3.05) is 6.61 Å². The largest absolute Gasteiger partial charge is 0.464 e. The Morgan fingerprint density at radius 2 is 1.95 bits per heavy atom. The van der Waals surface area contributed by atoms with Crippen molar-refractivity contribution >= 4 is 12.1 Å². The monoisotopic (exact) mass is 303 g/mol. The van der Waals surface area contributed by atoms with Crippen LogP contribution in [0.3, 0.4) is 0 Å². The number of alkyl carbamates (subject to hydrolysis) is 1. The Bertz CT molecular complexity index is 541. The molecular weight excluding hydrogens is 282 g/mol. The van der Waals surface area contributed by atoms with Crippen LogP contribution in [0, 0.1) is 0 Å². The van der Waals surface area contributed by atoms with E-state index in [-0.39, 0.29) is 13.2 Å². The van der Waals surface area contributed by atoms with Crippen LogP contribution in [0.1, 0.15) is 31.7 Å². The van der Waals surface area contributed by atoms with Crippen molar-refractivity contribution in [1.29, 1.82) is 0 Å². The van der Waals surface area contributed by atoms with Crippen LogP contribution in [0.2, 0.25) is 0 Å². The number of benzene rings is 1. The Balaban J connectivity index is 1.96. The fraction of sp³-hybridized carbons (Fsp3) is 0.412. The number of esters is 1. The number of nitrogens with one attached hydrogen (secondary N) is 1. The molecule has 1 aliphatic carbocycles. The van der Waals surface area contributed by atoms with Crippen molar-refractivity contribution in [3.63, 3.8) is 0 Å². The summed E-state index contributed by atoms with van der Waals surface area (Å²) in [5, 5.41) is 2.70. The van der Waals surface area contributed by atoms with Crippen LogP contribution in [0.15, 0.2) is 42.5 Å². The highest BCUT2D eigenvalue weighted by Gasteiger charge is 2.41. The smallest absolute Gasteiger partial charge is 0.408 e. The molecule has 5 nitrogen and oxygen atoms in total. The SMILES string of the molecule is CCOC(=O)C1(NC(=O)OCc2ccccc2)CC=CCC1. The Hall–Kier alpha value is -2.30. The number of carbonyl (C=O) groups is 2. The van der Waals surface area contributed by atoms with E-state index in [1.54, 1.807) is 6.92 Å². The van der Waals surface area contributed by atoms with Gasteiger partial charge in [0.2, 0.25) is 0 Å². The van der Waals surface area contributed by atoms with Gasteiger partial charge in [-0.2, -0.15) is 0 Å². The molecule has 1 amide bonds. The maximum absolute atomic E-state index is 12.2. The first-order valence-electron chi connectivity index (χ1n) is 7.47. The van der Waals surface area contributed by atoms with Gasteiger partial charge in [-0.3, -0.25) is 0 Å². The molecule has 0 aromatic heterocycles. The molecule has 0 radical (unpaired) electrons. The zero-order valence-electron chi connectivity index (χ0n) is 12.7. The van der Waals surface area contributed by atoms with E-state index in [1.165, 1.54) is 0 Å². The van der Waals surface area contributed by atoms with Gasteiger partial charge in [0.1, 0.15) is 12.1 Å². The Morgan fingerprint density at radius 1 is 1.18 bits per heavy atom. The van der Waals surface area contributed by atoms with Crippen LogP contribution in [-0.2, 0) is 20.9 Å². The zero-order valence-corrected chi connectivity index (χ0v) is 12.7. The Kier molecular flexibility index (Phi) is 5.58. The molecule has 0 saturated carbocycles. The number of hydrogen-bond donors (Lipinski definition) is 1. The van der Waals surface area contributed by atoms with Crippen LogP contribution in [0.25, 0.3) is 0 Å². The number of ether oxygens (including phenoxy) is 2. The number of allylic oxidation sites excluding steroid dienone is 1. The molecular formula is C17H21NO4. The number of carbonyl (C=O) groups excluding carboxylic acids is 2. The van der Waals surface area contributed by atoms with Crippen LogP contribution in [-0.4, -0.2) is 24.2 Å². The quantitative estimate of drug-likeness (QED) is 0.671. The minimum Gasteiger partial charge on any atom is -0.464 e. The first-order chi connectivity index (χ1) is 10.7. The Morgan fingerprint density at radius 3 is 2.59 bits per heavy atom. The molecule has 0 fully saturated rings. The molecule has 0 bridgehead atoms. The summed E-state index contributed by atoms with van der Waals surface area (Å²) in [7, 11) is 0. The molecule has 1 atom stereocenters. The van der Waals surface area contributed by atoms with Crippen molar-refractivity contribution in [3.05, 3.63) is 48.0 Å². The highest BCUT2D eigenvalue weighted by molar-refractivity contribution is 5.86. The minimum atomic E-state index is -1.02. The third kappa shape index (κ3) is 4.10. The third-order valence-corrected chi connectivity index (χ3v) is 3.59. The predicted molar refractivity (Wildman–Crippen MR) is 82.1 cm³/mol. The Labute approximate surface area is 130 Å². The third-order valence-electron chi connectivity index (χ3n) is 3.59. The summed E-state index contributed by atoms with van der Waals surface area (Å²) >= 11 is 0. The standard InChI is InChI=1S/C17H21NO4/c1-2-21-15(19)17(11-7-4-8-12-17)18-16(20)22-13-14-9-5-3-6-10-14/h3-7,9-10H,2,8,11-13H2,1H3,(H,18,20). The van der Waals surface area contributed by atoms with Gasteiger partial charge in [-0.25, -0.2) is 9.59 Å². The van der Waals surface area contributed by atoms with Crippen LogP contribution in [0.4, 0.5) is 4.79 Å². The van der Waals surface area contributed by atoms with E-state index in [0.717, 1.165) is 12.0 Å². The summed E-state index contributed by atoms with van der Waals surface area (Å²) in [6, 6.07) is 9.40. The molecule has 22 heavy (non-hydrogen) atoms. The van der Waals surface area contributed by atoms with Gasteiger partial charge in [-0.15, -0.1) is 0 Å². The molecule has 1 N–H and O–H groups in total. The highest BCUT2D eigenvalue weighted by atomic mass is 16.6. The summed E-state index contributed by atoms with van der Waals surface area (Å²) in [6.45, 7) is 2.20. The van der Waals surface area contributed by atoms with Gasteiger partial charge < -0.3 is 14.8 Å². The number of hydrogen-bond acceptors (Lipinski definition) is 4. The highest BCUT2D eigenvalue weighted by Crippen LogP contribution is 2.25. The van der Waals surface area contributed by atoms with Gasteiger partial charge in [-0.05, 0) is 31.7 Å². The lowest BCUT2D eigenvalue weighted by Gasteiger charge is -2.32. The second kappa shape index (κ2) is 7.64. The maximum atomic E-state index is 12.2. The van der Waals surface area contributed by atoms with Crippen molar-refractivity contribution in [3.8, 4) is 0 Å². The van der Waals surface area contributed by atoms with Gasteiger partial charge >= 0.3 is 12.1 Å². The van der Waals surface area contributed by atoms with Gasteiger partial charge in [0.05, 0.1) is 6.61 Å². The molecule has 0 aliphatic heterocycles. The summed E-state index contributed by atoms with van der Waals surface area (Å²) < 4.78 is 10.3. The van der Waals surface area contributed by atoms with Gasteiger partial charge in [0.15, 0.2) is 0 Å². The van der Waals surface area contributed by atoms with Crippen molar-refractivity contribution in [2.24, 2.45) is 0 Å². The average Bonchev–Trinajstić information content (AvgIpc) is 2.55. The van der Waals surface area contributed by atoms with E-state index >= 15 is 0 Å². The molecule has 2 rings (SSSR count). The molecule has 1 aromatic carbocycles. The lowest BCUT2D eigenvalue weighted by Crippen LogP contribution is -2.55. The van der Waals surface area contributed by atoms with E-state index < -0.39 is 17.6 Å². The minimum absolute atomic E-state index is 0.168. The molecule has 0 saturated heterocycles. The van der Waals surface area contributed by atoms with E-state index in [0.29, 0.717) is 12.8 Å². The van der Waals surface area contributed by atoms with E-state index in [2.05, 4.69) is 5.32 Å². The van der Waals surface area contributed by atoms with Crippen LogP contribution < -0.4 is 5.32 Å². The molecule has 1 aromatic rings. The number of rotatable bonds is 5.